The minimum absolute atomic E-state index is 0.165. The van der Waals surface area contributed by atoms with E-state index in [1.165, 1.54) is 6.42 Å². The van der Waals surface area contributed by atoms with Gasteiger partial charge in [-0.25, -0.2) is 13.1 Å². The van der Waals surface area contributed by atoms with Gasteiger partial charge in [-0.2, -0.15) is 0 Å². The first-order valence-corrected chi connectivity index (χ1v) is 9.77. The lowest BCUT2D eigenvalue weighted by Gasteiger charge is -2.16. The smallest absolute Gasteiger partial charge is 0.211 e. The van der Waals surface area contributed by atoms with Gasteiger partial charge in [0.05, 0.1) is 5.75 Å². The molecule has 0 amide bonds. The maximum Gasteiger partial charge on any atom is 0.211 e. The summed E-state index contributed by atoms with van der Waals surface area (Å²) < 4.78 is 27.0. The fourth-order valence-corrected chi connectivity index (χ4v) is 4.17. The van der Waals surface area contributed by atoms with Gasteiger partial charge in [0, 0.05) is 12.1 Å². The number of sulfonamides is 1. The van der Waals surface area contributed by atoms with Crippen molar-refractivity contribution in [3.63, 3.8) is 0 Å². The lowest BCUT2D eigenvalue weighted by atomic mass is 10.0. The highest BCUT2D eigenvalue weighted by molar-refractivity contribution is 7.89. The molecule has 0 saturated heterocycles. The molecule has 1 aliphatic rings. The minimum atomic E-state index is -3.09. The molecule has 2 N–H and O–H groups in total. The van der Waals surface area contributed by atoms with Gasteiger partial charge in [0.2, 0.25) is 10.0 Å². The zero-order valence-corrected chi connectivity index (χ0v) is 14.1. The van der Waals surface area contributed by atoms with Crippen LogP contribution in [0.5, 0.6) is 0 Å². The van der Waals surface area contributed by atoms with Crippen LogP contribution >= 0.6 is 0 Å². The molecule has 4 nitrogen and oxygen atoms in total. The standard InChI is InChI=1S/C15H32N2O2S/c1-13(2)16-11-4-5-12-20(18,19)17-15-8-6-7-14(3)9-10-15/h13-17H,4-12H2,1-3H3. The van der Waals surface area contributed by atoms with Crippen molar-refractivity contribution >= 4 is 10.0 Å². The zero-order chi connectivity index (χ0) is 15.0. The molecule has 0 heterocycles. The minimum Gasteiger partial charge on any atom is -0.315 e. The molecule has 0 aliphatic heterocycles. The summed E-state index contributed by atoms with van der Waals surface area (Å²) >= 11 is 0. The lowest BCUT2D eigenvalue weighted by molar-refractivity contribution is 0.483. The van der Waals surface area contributed by atoms with Crippen molar-refractivity contribution in [2.24, 2.45) is 5.92 Å². The van der Waals surface area contributed by atoms with Gasteiger partial charge in [-0.15, -0.1) is 0 Å². The average molecular weight is 305 g/mol. The van der Waals surface area contributed by atoms with E-state index < -0.39 is 10.0 Å². The summed E-state index contributed by atoms with van der Waals surface area (Å²) in [5.74, 6) is 1.00. The predicted octanol–water partition coefficient (Wildman–Crippen LogP) is 2.65. The Morgan fingerprint density at radius 1 is 1.10 bits per heavy atom. The van der Waals surface area contributed by atoms with E-state index in [-0.39, 0.29) is 11.8 Å². The maximum absolute atomic E-state index is 12.1. The van der Waals surface area contributed by atoms with Crippen LogP contribution in [0.3, 0.4) is 0 Å². The van der Waals surface area contributed by atoms with Crippen molar-refractivity contribution in [3.05, 3.63) is 0 Å². The van der Waals surface area contributed by atoms with Gasteiger partial charge in [0.25, 0.3) is 0 Å². The van der Waals surface area contributed by atoms with E-state index in [2.05, 4.69) is 30.8 Å². The highest BCUT2D eigenvalue weighted by atomic mass is 32.2. The number of hydrogen-bond acceptors (Lipinski definition) is 3. The van der Waals surface area contributed by atoms with Crippen molar-refractivity contribution in [1.82, 2.24) is 10.0 Å². The van der Waals surface area contributed by atoms with Crippen molar-refractivity contribution in [2.45, 2.75) is 77.8 Å². The number of unbranched alkanes of at least 4 members (excludes halogenated alkanes) is 1. The van der Waals surface area contributed by atoms with Crippen molar-refractivity contribution in [1.29, 1.82) is 0 Å². The molecular formula is C15H32N2O2S. The second kappa shape index (κ2) is 9.00. The fraction of sp³-hybridized carbons (Fsp3) is 1.00. The second-order valence-electron chi connectivity index (χ2n) is 6.56. The number of hydrogen-bond donors (Lipinski definition) is 2. The summed E-state index contributed by atoms with van der Waals surface area (Å²) in [5, 5.41) is 3.31. The molecule has 1 rings (SSSR count). The molecule has 0 aromatic carbocycles. The van der Waals surface area contributed by atoms with Gasteiger partial charge in [-0.05, 0) is 44.6 Å². The molecule has 1 aliphatic carbocycles. The normalized spacial score (nSPS) is 24.8. The van der Waals surface area contributed by atoms with Crippen molar-refractivity contribution in [2.75, 3.05) is 12.3 Å². The molecule has 2 unspecified atom stereocenters. The fourth-order valence-electron chi connectivity index (χ4n) is 2.73. The molecule has 0 aromatic heterocycles. The highest BCUT2D eigenvalue weighted by Crippen LogP contribution is 2.23. The molecule has 0 radical (unpaired) electrons. The number of nitrogens with one attached hydrogen (secondary N) is 2. The van der Waals surface area contributed by atoms with Crippen LogP contribution < -0.4 is 10.0 Å². The monoisotopic (exact) mass is 304 g/mol. The molecule has 0 bridgehead atoms. The SMILES string of the molecule is CC1CCCC(NS(=O)(=O)CCCCNC(C)C)CC1. The zero-order valence-electron chi connectivity index (χ0n) is 13.3. The topological polar surface area (TPSA) is 58.2 Å². The maximum atomic E-state index is 12.1. The van der Waals surface area contributed by atoms with Gasteiger partial charge in [0.1, 0.15) is 0 Å². The summed E-state index contributed by atoms with van der Waals surface area (Å²) in [4.78, 5) is 0. The largest absolute Gasteiger partial charge is 0.315 e. The van der Waals surface area contributed by atoms with Crippen LogP contribution in [0.1, 0.15) is 65.7 Å². The van der Waals surface area contributed by atoms with Crippen molar-refractivity contribution < 1.29 is 8.42 Å². The Labute approximate surface area is 125 Å². The molecule has 1 saturated carbocycles. The molecule has 20 heavy (non-hydrogen) atoms. The van der Waals surface area contributed by atoms with E-state index in [9.17, 15) is 8.42 Å². The van der Waals surface area contributed by atoms with Crippen LogP contribution in [-0.4, -0.2) is 32.8 Å². The Morgan fingerprint density at radius 2 is 1.85 bits per heavy atom. The Bertz CT molecular complexity index is 355. The van der Waals surface area contributed by atoms with E-state index in [1.54, 1.807) is 0 Å². The quantitative estimate of drug-likeness (QED) is 0.535. The van der Waals surface area contributed by atoms with Gasteiger partial charge < -0.3 is 5.32 Å². The molecule has 120 valence electrons. The van der Waals surface area contributed by atoms with E-state index in [4.69, 9.17) is 0 Å². The van der Waals surface area contributed by atoms with Crippen LogP contribution in [0, 0.1) is 5.92 Å². The molecule has 0 spiro atoms. The molecule has 0 aromatic rings. The average Bonchev–Trinajstić information content (AvgIpc) is 2.53. The van der Waals surface area contributed by atoms with E-state index in [1.807, 2.05) is 0 Å². The van der Waals surface area contributed by atoms with Crippen molar-refractivity contribution in [3.8, 4) is 0 Å². The third-order valence-corrected chi connectivity index (χ3v) is 5.51. The first-order chi connectivity index (χ1) is 9.39. The van der Waals surface area contributed by atoms with Crippen LogP contribution in [0.4, 0.5) is 0 Å². The molecule has 5 heteroatoms. The van der Waals surface area contributed by atoms with Crippen LogP contribution in [0.2, 0.25) is 0 Å². The molecular weight excluding hydrogens is 272 g/mol. The third-order valence-electron chi connectivity index (χ3n) is 4.00. The van der Waals surface area contributed by atoms with Crippen LogP contribution in [-0.2, 0) is 10.0 Å². The summed E-state index contributed by atoms with van der Waals surface area (Å²) in [6.07, 6.45) is 7.17. The molecule has 1 fully saturated rings. The Balaban J connectivity index is 2.23. The number of rotatable bonds is 8. The second-order valence-corrected chi connectivity index (χ2v) is 8.44. The predicted molar refractivity (Wildman–Crippen MR) is 85.3 cm³/mol. The summed E-state index contributed by atoms with van der Waals surface area (Å²) in [5.41, 5.74) is 0. The van der Waals surface area contributed by atoms with Gasteiger partial charge in [-0.1, -0.05) is 33.6 Å². The molecule has 2 atom stereocenters. The summed E-state index contributed by atoms with van der Waals surface area (Å²) in [6, 6.07) is 0.636. The van der Waals surface area contributed by atoms with Crippen LogP contribution in [0.15, 0.2) is 0 Å². The van der Waals surface area contributed by atoms with Gasteiger partial charge in [-0.3, -0.25) is 0 Å². The summed E-state index contributed by atoms with van der Waals surface area (Å²) in [7, 11) is -3.09. The Morgan fingerprint density at radius 3 is 2.55 bits per heavy atom. The van der Waals surface area contributed by atoms with Crippen LogP contribution in [0.25, 0.3) is 0 Å². The van der Waals surface area contributed by atoms with E-state index >= 15 is 0 Å². The van der Waals surface area contributed by atoms with Gasteiger partial charge >= 0.3 is 0 Å². The lowest BCUT2D eigenvalue weighted by Crippen LogP contribution is -2.36. The van der Waals surface area contributed by atoms with E-state index in [0.29, 0.717) is 6.04 Å². The Kier molecular flexibility index (Phi) is 8.07. The van der Waals surface area contributed by atoms with Gasteiger partial charge in [0.15, 0.2) is 0 Å². The highest BCUT2D eigenvalue weighted by Gasteiger charge is 2.20. The summed E-state index contributed by atoms with van der Waals surface area (Å²) in [6.45, 7) is 7.36. The van der Waals surface area contributed by atoms with E-state index in [0.717, 1.165) is 51.0 Å². The third kappa shape index (κ3) is 8.22. The first-order valence-electron chi connectivity index (χ1n) is 8.12. The first kappa shape index (κ1) is 17.9. The Hall–Kier alpha value is -0.130.